The number of pyridine rings is 1. The first-order chi connectivity index (χ1) is 7.22. The summed E-state index contributed by atoms with van der Waals surface area (Å²) < 4.78 is 5.54. The van der Waals surface area contributed by atoms with Crippen molar-refractivity contribution in [3.63, 3.8) is 0 Å². The number of anilines is 1. The maximum Gasteiger partial charge on any atom is 0.126 e. The fourth-order valence-electron chi connectivity index (χ4n) is 1.19. The van der Waals surface area contributed by atoms with Gasteiger partial charge in [0.25, 0.3) is 0 Å². The molecule has 0 atom stereocenters. The van der Waals surface area contributed by atoms with Gasteiger partial charge in [-0.2, -0.15) is 0 Å². The Morgan fingerprint density at radius 1 is 1.40 bits per heavy atom. The first-order valence-electron chi connectivity index (χ1n) is 5.44. The van der Waals surface area contributed by atoms with E-state index >= 15 is 0 Å². The summed E-state index contributed by atoms with van der Waals surface area (Å²) in [5.41, 5.74) is 0.977. The topological polar surface area (TPSA) is 34.1 Å². The number of hydrogen-bond acceptors (Lipinski definition) is 3. The molecule has 3 heteroatoms. The molecule has 0 aliphatic carbocycles. The number of nitrogens with one attached hydrogen (secondary N) is 1. The van der Waals surface area contributed by atoms with Crippen LogP contribution in [0.5, 0.6) is 0 Å². The van der Waals surface area contributed by atoms with Gasteiger partial charge in [0.15, 0.2) is 0 Å². The highest BCUT2D eigenvalue weighted by molar-refractivity contribution is 5.33. The van der Waals surface area contributed by atoms with E-state index in [1.54, 1.807) is 0 Å². The molecule has 0 saturated heterocycles. The Hall–Kier alpha value is -1.09. The minimum Gasteiger partial charge on any atom is -0.375 e. The molecule has 0 unspecified atom stereocenters. The minimum atomic E-state index is 0.599. The Bertz CT molecular complexity index is 287. The Morgan fingerprint density at radius 2 is 2.20 bits per heavy atom. The van der Waals surface area contributed by atoms with Crippen LogP contribution in [0.2, 0.25) is 0 Å². The molecule has 15 heavy (non-hydrogen) atoms. The van der Waals surface area contributed by atoms with Crippen molar-refractivity contribution in [3.8, 4) is 0 Å². The Kier molecular flexibility index (Phi) is 5.12. The first kappa shape index (κ1) is 12.0. The molecule has 1 N–H and O–H groups in total. The van der Waals surface area contributed by atoms with Crippen LogP contribution in [0, 0.1) is 5.92 Å². The lowest BCUT2D eigenvalue weighted by Gasteiger charge is -2.07. The predicted octanol–water partition coefficient (Wildman–Crippen LogP) is 2.69. The molecule has 0 fully saturated rings. The zero-order valence-electron chi connectivity index (χ0n) is 9.79. The molecule has 1 rings (SSSR count). The van der Waals surface area contributed by atoms with Gasteiger partial charge in [-0.15, -0.1) is 0 Å². The second kappa shape index (κ2) is 6.40. The molecule has 0 bridgehead atoms. The molecule has 1 heterocycles. The van der Waals surface area contributed by atoms with Gasteiger partial charge in [-0.3, -0.25) is 0 Å². The summed E-state index contributed by atoms with van der Waals surface area (Å²) in [4.78, 5) is 4.37. The summed E-state index contributed by atoms with van der Waals surface area (Å²) in [6, 6.07) is 5.91. The van der Waals surface area contributed by atoms with Crippen molar-refractivity contribution in [1.82, 2.24) is 4.98 Å². The molecule has 0 aliphatic rings. The van der Waals surface area contributed by atoms with Gasteiger partial charge < -0.3 is 10.1 Å². The molecule has 0 spiro atoms. The lowest BCUT2D eigenvalue weighted by molar-refractivity contribution is 0.108. The number of hydrogen-bond donors (Lipinski definition) is 1. The number of rotatable bonds is 6. The Morgan fingerprint density at radius 3 is 2.87 bits per heavy atom. The molecule has 1 aromatic heterocycles. The highest BCUT2D eigenvalue weighted by Crippen LogP contribution is 2.06. The quantitative estimate of drug-likeness (QED) is 0.730. The third kappa shape index (κ3) is 4.79. The van der Waals surface area contributed by atoms with E-state index in [1.165, 1.54) is 0 Å². The first-order valence-corrected chi connectivity index (χ1v) is 5.44. The lowest BCUT2D eigenvalue weighted by Crippen LogP contribution is -2.02. The smallest absolute Gasteiger partial charge is 0.126 e. The van der Waals surface area contributed by atoms with Crippen LogP contribution >= 0.6 is 0 Å². The maximum absolute atomic E-state index is 5.54. The molecule has 0 amide bonds. The summed E-state index contributed by atoms with van der Waals surface area (Å²) in [5, 5.41) is 3.01. The zero-order chi connectivity index (χ0) is 11.1. The van der Waals surface area contributed by atoms with Crippen molar-refractivity contribution in [2.24, 2.45) is 5.92 Å². The van der Waals surface area contributed by atoms with Crippen LogP contribution in [0.4, 0.5) is 5.82 Å². The average molecular weight is 208 g/mol. The van der Waals surface area contributed by atoms with Gasteiger partial charge in [-0.05, 0) is 24.5 Å². The maximum atomic E-state index is 5.54. The monoisotopic (exact) mass is 208 g/mol. The molecule has 0 radical (unpaired) electrons. The SMILES string of the molecule is CNc1cccc(COCCC(C)C)n1. The normalized spacial score (nSPS) is 10.7. The van der Waals surface area contributed by atoms with Gasteiger partial charge >= 0.3 is 0 Å². The number of ether oxygens (including phenoxy) is 1. The molecule has 0 aliphatic heterocycles. The second-order valence-electron chi connectivity index (χ2n) is 4.00. The van der Waals surface area contributed by atoms with E-state index in [9.17, 15) is 0 Å². The second-order valence-corrected chi connectivity index (χ2v) is 4.00. The van der Waals surface area contributed by atoms with Gasteiger partial charge in [0.05, 0.1) is 12.3 Å². The molecular formula is C12H20N2O. The van der Waals surface area contributed by atoms with Crippen molar-refractivity contribution in [2.75, 3.05) is 19.0 Å². The van der Waals surface area contributed by atoms with Crippen molar-refractivity contribution >= 4 is 5.82 Å². The third-order valence-corrected chi connectivity index (χ3v) is 2.15. The Balaban J connectivity index is 2.30. The summed E-state index contributed by atoms with van der Waals surface area (Å²) in [6.45, 7) is 5.80. The van der Waals surface area contributed by atoms with Crippen molar-refractivity contribution in [3.05, 3.63) is 23.9 Å². The van der Waals surface area contributed by atoms with Gasteiger partial charge in [-0.25, -0.2) is 4.98 Å². The van der Waals surface area contributed by atoms with Crippen LogP contribution in [0.25, 0.3) is 0 Å². The largest absolute Gasteiger partial charge is 0.375 e. The molecule has 0 saturated carbocycles. The van der Waals surface area contributed by atoms with E-state index in [4.69, 9.17) is 4.74 Å². The van der Waals surface area contributed by atoms with Crippen LogP contribution in [0.15, 0.2) is 18.2 Å². The predicted molar refractivity (Wildman–Crippen MR) is 62.9 cm³/mol. The van der Waals surface area contributed by atoms with Crippen molar-refractivity contribution in [1.29, 1.82) is 0 Å². The number of aromatic nitrogens is 1. The van der Waals surface area contributed by atoms with Gasteiger partial charge in [0.2, 0.25) is 0 Å². The number of nitrogens with zero attached hydrogens (tertiary/aromatic N) is 1. The summed E-state index contributed by atoms with van der Waals surface area (Å²) >= 11 is 0. The highest BCUT2D eigenvalue weighted by atomic mass is 16.5. The zero-order valence-corrected chi connectivity index (χ0v) is 9.79. The van der Waals surface area contributed by atoms with Gasteiger partial charge in [-0.1, -0.05) is 19.9 Å². The van der Waals surface area contributed by atoms with E-state index in [-0.39, 0.29) is 0 Å². The van der Waals surface area contributed by atoms with Gasteiger partial charge in [0.1, 0.15) is 5.82 Å². The van der Waals surface area contributed by atoms with E-state index in [2.05, 4.69) is 24.1 Å². The van der Waals surface area contributed by atoms with Gasteiger partial charge in [0, 0.05) is 13.7 Å². The third-order valence-electron chi connectivity index (χ3n) is 2.15. The van der Waals surface area contributed by atoms with E-state index in [0.29, 0.717) is 12.5 Å². The van der Waals surface area contributed by atoms with Crippen molar-refractivity contribution < 1.29 is 4.74 Å². The average Bonchev–Trinajstić information content (AvgIpc) is 2.24. The molecule has 0 aromatic carbocycles. The fourth-order valence-corrected chi connectivity index (χ4v) is 1.19. The van der Waals surface area contributed by atoms with E-state index < -0.39 is 0 Å². The molecule has 84 valence electrons. The van der Waals surface area contributed by atoms with E-state index in [1.807, 2.05) is 25.2 Å². The van der Waals surface area contributed by atoms with Crippen LogP contribution in [-0.4, -0.2) is 18.6 Å². The van der Waals surface area contributed by atoms with Crippen LogP contribution in [0.1, 0.15) is 26.0 Å². The van der Waals surface area contributed by atoms with Crippen molar-refractivity contribution in [2.45, 2.75) is 26.9 Å². The van der Waals surface area contributed by atoms with Crippen LogP contribution in [-0.2, 0) is 11.3 Å². The Labute approximate surface area is 91.9 Å². The summed E-state index contributed by atoms with van der Waals surface area (Å²) in [7, 11) is 1.87. The molecular weight excluding hydrogens is 188 g/mol. The minimum absolute atomic E-state index is 0.599. The highest BCUT2D eigenvalue weighted by Gasteiger charge is 1.98. The summed E-state index contributed by atoms with van der Waals surface area (Å²) in [5.74, 6) is 1.58. The molecule has 3 nitrogen and oxygen atoms in total. The molecule has 1 aromatic rings. The van der Waals surface area contributed by atoms with Crippen LogP contribution < -0.4 is 5.32 Å². The van der Waals surface area contributed by atoms with Crippen LogP contribution in [0.3, 0.4) is 0 Å². The fraction of sp³-hybridized carbons (Fsp3) is 0.583. The van der Waals surface area contributed by atoms with E-state index in [0.717, 1.165) is 24.5 Å². The lowest BCUT2D eigenvalue weighted by atomic mass is 10.1. The standard InChI is InChI=1S/C12H20N2O/c1-10(2)7-8-15-9-11-5-4-6-12(13-3)14-11/h4-6,10H,7-9H2,1-3H3,(H,13,14). The summed E-state index contributed by atoms with van der Waals surface area (Å²) in [6.07, 6.45) is 1.10.